The van der Waals surface area contributed by atoms with Gasteiger partial charge in [-0.05, 0) is 62.7 Å². The van der Waals surface area contributed by atoms with Gasteiger partial charge in [0.25, 0.3) is 0 Å². The molecule has 0 bridgehead atoms. The van der Waals surface area contributed by atoms with Gasteiger partial charge in [0, 0.05) is 0 Å². The minimum absolute atomic E-state index is 0.105. The summed E-state index contributed by atoms with van der Waals surface area (Å²) in [7, 11) is 5.80. The zero-order valence-corrected chi connectivity index (χ0v) is 14.6. The summed E-state index contributed by atoms with van der Waals surface area (Å²) in [5, 5.41) is 0. The Morgan fingerprint density at radius 1 is 1.00 bits per heavy atom. The van der Waals surface area contributed by atoms with Crippen molar-refractivity contribution in [1.82, 2.24) is 4.90 Å². The van der Waals surface area contributed by atoms with E-state index in [1.807, 2.05) is 32.3 Å². The lowest BCUT2D eigenvalue weighted by Gasteiger charge is -2.25. The average molecular weight is 313 g/mol. The molecule has 0 aromatic heterocycles. The van der Waals surface area contributed by atoms with Gasteiger partial charge in [-0.3, -0.25) is 4.90 Å². The minimum atomic E-state index is 0.105. The molecule has 23 heavy (non-hydrogen) atoms. The van der Waals surface area contributed by atoms with Gasteiger partial charge in [0.05, 0.1) is 7.11 Å². The molecule has 3 nitrogen and oxygen atoms in total. The first-order chi connectivity index (χ1) is 11.1. The lowest BCUT2D eigenvalue weighted by molar-refractivity contribution is 0.0603. The third-order valence-corrected chi connectivity index (χ3v) is 3.98. The van der Waals surface area contributed by atoms with Gasteiger partial charge in [-0.2, -0.15) is 0 Å². The highest BCUT2D eigenvalue weighted by Gasteiger charge is 2.12. The van der Waals surface area contributed by atoms with Gasteiger partial charge >= 0.3 is 0 Å². The molecule has 0 unspecified atom stereocenters. The van der Waals surface area contributed by atoms with Crippen LogP contribution >= 0.6 is 0 Å². The molecule has 2 rings (SSSR count). The van der Waals surface area contributed by atoms with E-state index < -0.39 is 0 Å². The molecule has 0 saturated carbocycles. The second-order valence-electron chi connectivity index (χ2n) is 5.90. The summed E-state index contributed by atoms with van der Waals surface area (Å²) in [5.74, 6) is 1.89. The predicted octanol–water partition coefficient (Wildman–Crippen LogP) is 4.16. The average Bonchev–Trinajstić information content (AvgIpc) is 2.58. The third-order valence-electron chi connectivity index (χ3n) is 3.98. The summed E-state index contributed by atoms with van der Waals surface area (Å²) in [6.07, 6.45) is 2.98. The van der Waals surface area contributed by atoms with Crippen LogP contribution in [-0.2, 0) is 12.8 Å². The third kappa shape index (κ3) is 5.00. The van der Waals surface area contributed by atoms with Crippen LogP contribution in [0.2, 0.25) is 0 Å². The van der Waals surface area contributed by atoms with Crippen LogP contribution in [0.15, 0.2) is 48.5 Å². The lowest BCUT2D eigenvalue weighted by atomic mass is 10.0. The van der Waals surface area contributed by atoms with E-state index in [9.17, 15) is 0 Å². The van der Waals surface area contributed by atoms with Crippen molar-refractivity contribution in [3.63, 3.8) is 0 Å². The van der Waals surface area contributed by atoms with Crippen molar-refractivity contribution >= 4 is 0 Å². The molecule has 0 N–H and O–H groups in total. The fourth-order valence-electron chi connectivity index (χ4n) is 2.63. The van der Waals surface area contributed by atoms with Crippen molar-refractivity contribution in [3.8, 4) is 11.5 Å². The van der Waals surface area contributed by atoms with Crippen molar-refractivity contribution in [3.05, 3.63) is 59.7 Å². The Kier molecular flexibility index (Phi) is 6.48. The molecule has 0 spiro atoms. The summed E-state index contributed by atoms with van der Waals surface area (Å²) >= 11 is 0. The molecule has 2 aromatic carbocycles. The van der Waals surface area contributed by atoms with Gasteiger partial charge in [-0.1, -0.05) is 37.3 Å². The second kappa shape index (κ2) is 8.59. The largest absolute Gasteiger partial charge is 0.497 e. The van der Waals surface area contributed by atoms with Crippen LogP contribution in [0.4, 0.5) is 0 Å². The molecule has 0 amide bonds. The number of hydrogen-bond donors (Lipinski definition) is 0. The van der Waals surface area contributed by atoms with Crippen LogP contribution in [0.25, 0.3) is 0 Å². The summed E-state index contributed by atoms with van der Waals surface area (Å²) < 4.78 is 11.5. The summed E-state index contributed by atoms with van der Waals surface area (Å²) in [4.78, 5) is 2.11. The van der Waals surface area contributed by atoms with Crippen LogP contribution in [0.5, 0.6) is 11.5 Å². The number of nitrogens with zero attached hydrogens (tertiary/aromatic N) is 1. The SMILES string of the molecule is CC[C@@H](Oc1ccccc1CCc1cccc(OC)c1)N(C)C. The first-order valence-corrected chi connectivity index (χ1v) is 8.18. The van der Waals surface area contributed by atoms with E-state index in [0.29, 0.717) is 0 Å². The monoisotopic (exact) mass is 313 g/mol. The molecule has 124 valence electrons. The molecular formula is C20H27NO2. The normalized spacial score (nSPS) is 12.2. The predicted molar refractivity (Wildman–Crippen MR) is 95.2 cm³/mol. The minimum Gasteiger partial charge on any atom is -0.497 e. The first kappa shape index (κ1) is 17.4. The van der Waals surface area contributed by atoms with E-state index in [-0.39, 0.29) is 6.23 Å². The van der Waals surface area contributed by atoms with Crippen LogP contribution < -0.4 is 9.47 Å². The zero-order valence-electron chi connectivity index (χ0n) is 14.6. The van der Waals surface area contributed by atoms with Gasteiger partial charge in [0.2, 0.25) is 0 Å². The Hall–Kier alpha value is -2.00. The Labute approximate surface area is 139 Å². The number of benzene rings is 2. The number of para-hydroxylation sites is 1. The van der Waals surface area contributed by atoms with E-state index in [4.69, 9.17) is 9.47 Å². The zero-order chi connectivity index (χ0) is 16.7. The first-order valence-electron chi connectivity index (χ1n) is 8.18. The highest BCUT2D eigenvalue weighted by molar-refractivity contribution is 5.35. The molecule has 3 heteroatoms. The van der Waals surface area contributed by atoms with Crippen molar-refractivity contribution < 1.29 is 9.47 Å². The van der Waals surface area contributed by atoms with Crippen molar-refractivity contribution in [1.29, 1.82) is 0 Å². The van der Waals surface area contributed by atoms with Gasteiger partial charge in [-0.15, -0.1) is 0 Å². The van der Waals surface area contributed by atoms with Crippen LogP contribution in [0.1, 0.15) is 24.5 Å². The van der Waals surface area contributed by atoms with Crippen molar-refractivity contribution in [2.24, 2.45) is 0 Å². The van der Waals surface area contributed by atoms with Crippen LogP contribution in [0, 0.1) is 0 Å². The summed E-state index contributed by atoms with van der Waals surface area (Å²) in [5.41, 5.74) is 2.52. The van der Waals surface area contributed by atoms with Gasteiger partial charge in [-0.25, -0.2) is 0 Å². The molecular weight excluding hydrogens is 286 g/mol. The molecule has 0 heterocycles. The molecule has 0 aliphatic heterocycles. The molecule has 0 fully saturated rings. The van der Waals surface area contributed by atoms with E-state index in [1.54, 1.807) is 7.11 Å². The summed E-state index contributed by atoms with van der Waals surface area (Å²) in [6.45, 7) is 2.14. The molecule has 0 saturated heterocycles. The van der Waals surface area contributed by atoms with E-state index >= 15 is 0 Å². The number of aryl methyl sites for hydroxylation is 2. The number of rotatable bonds is 8. The smallest absolute Gasteiger partial charge is 0.151 e. The Bertz CT molecular complexity index is 610. The topological polar surface area (TPSA) is 21.7 Å². The quantitative estimate of drug-likeness (QED) is 0.683. The van der Waals surface area contributed by atoms with Gasteiger partial charge < -0.3 is 9.47 Å². The number of hydrogen-bond acceptors (Lipinski definition) is 3. The maximum atomic E-state index is 6.19. The van der Waals surface area contributed by atoms with Crippen LogP contribution in [0.3, 0.4) is 0 Å². The Balaban J connectivity index is 2.07. The number of methoxy groups -OCH3 is 1. The Morgan fingerprint density at radius 2 is 1.78 bits per heavy atom. The fourth-order valence-corrected chi connectivity index (χ4v) is 2.63. The lowest BCUT2D eigenvalue weighted by Crippen LogP contribution is -2.32. The summed E-state index contributed by atoms with van der Waals surface area (Å²) in [6, 6.07) is 16.6. The fraction of sp³-hybridized carbons (Fsp3) is 0.400. The maximum Gasteiger partial charge on any atom is 0.151 e. The van der Waals surface area contributed by atoms with Crippen molar-refractivity contribution in [2.45, 2.75) is 32.4 Å². The maximum absolute atomic E-state index is 6.19. The van der Waals surface area contributed by atoms with Crippen molar-refractivity contribution in [2.75, 3.05) is 21.2 Å². The second-order valence-corrected chi connectivity index (χ2v) is 5.90. The van der Waals surface area contributed by atoms with E-state index in [2.05, 4.69) is 42.2 Å². The highest BCUT2D eigenvalue weighted by atomic mass is 16.5. The van der Waals surface area contributed by atoms with Crippen LogP contribution in [-0.4, -0.2) is 32.3 Å². The van der Waals surface area contributed by atoms with Gasteiger partial charge in [0.15, 0.2) is 6.23 Å². The molecule has 1 atom stereocenters. The molecule has 0 aliphatic carbocycles. The number of ether oxygens (including phenoxy) is 2. The molecule has 0 aliphatic rings. The standard InChI is InChI=1S/C20H27NO2/c1-5-20(21(2)3)23-19-12-7-6-10-17(19)14-13-16-9-8-11-18(15-16)22-4/h6-12,15,20H,5,13-14H2,1-4H3/t20-/m1/s1. The van der Waals surface area contributed by atoms with Gasteiger partial charge in [0.1, 0.15) is 11.5 Å². The molecule has 2 aromatic rings. The molecule has 0 radical (unpaired) electrons. The van der Waals surface area contributed by atoms with E-state index in [0.717, 1.165) is 30.8 Å². The van der Waals surface area contributed by atoms with E-state index in [1.165, 1.54) is 11.1 Å². The Morgan fingerprint density at radius 3 is 2.48 bits per heavy atom. The highest BCUT2D eigenvalue weighted by Crippen LogP contribution is 2.23.